The molecule has 2 heterocycles. The fraction of sp³-hybridized carbons (Fsp3) is 0.174. The van der Waals surface area contributed by atoms with Gasteiger partial charge >= 0.3 is 0 Å². The Labute approximate surface area is 173 Å². The number of pyridine rings is 1. The number of nitrogens with one attached hydrogen (secondary N) is 1. The van der Waals surface area contributed by atoms with Crippen LogP contribution < -0.4 is 5.32 Å². The minimum absolute atomic E-state index is 0.0680. The zero-order valence-electron chi connectivity index (χ0n) is 16.5. The van der Waals surface area contributed by atoms with E-state index in [4.69, 9.17) is 0 Å². The first kappa shape index (κ1) is 19.0. The number of thioether (sulfide) groups is 1. The van der Waals surface area contributed by atoms with Gasteiger partial charge in [-0.25, -0.2) is 4.98 Å². The van der Waals surface area contributed by atoms with E-state index in [9.17, 15) is 10.1 Å². The van der Waals surface area contributed by atoms with Crippen LogP contribution in [0.1, 0.15) is 22.3 Å². The van der Waals surface area contributed by atoms with Gasteiger partial charge in [0.1, 0.15) is 6.07 Å². The van der Waals surface area contributed by atoms with Crippen molar-refractivity contribution in [3.63, 3.8) is 0 Å². The van der Waals surface area contributed by atoms with Gasteiger partial charge in [-0.1, -0.05) is 41.6 Å². The van der Waals surface area contributed by atoms with E-state index in [1.165, 1.54) is 11.8 Å². The van der Waals surface area contributed by atoms with Gasteiger partial charge in [0.2, 0.25) is 5.91 Å². The average Bonchev–Trinajstić information content (AvgIpc) is 3.08. The van der Waals surface area contributed by atoms with Crippen LogP contribution in [0.25, 0.3) is 16.7 Å². The summed E-state index contributed by atoms with van der Waals surface area (Å²) in [6, 6.07) is 18.0. The number of fused-ring (bicyclic) bond motifs is 3. The standard InChI is InChI=1S/C23H20N4OS/c1-14-8-9-18(16(3)10-14)25-21(28)13-29-22-11-15(2)17(12-24)23-26-19-6-4-5-7-20(19)27(22)23/h4-11H,13H2,1-3H3,(H,25,28). The number of carbonyl (C=O) groups is 1. The van der Waals surface area contributed by atoms with Crippen LogP contribution in [0, 0.1) is 32.1 Å². The summed E-state index contributed by atoms with van der Waals surface area (Å²) in [5.41, 5.74) is 6.84. The summed E-state index contributed by atoms with van der Waals surface area (Å²) in [6.07, 6.45) is 0. The first-order chi connectivity index (χ1) is 14.0. The van der Waals surface area contributed by atoms with Crippen LogP contribution in [0.5, 0.6) is 0 Å². The Bertz CT molecular complexity index is 1300. The number of amides is 1. The lowest BCUT2D eigenvalue weighted by atomic mass is 10.1. The number of hydrogen-bond acceptors (Lipinski definition) is 4. The molecule has 0 aliphatic carbocycles. The SMILES string of the molecule is Cc1ccc(NC(=O)CSc2cc(C)c(C#N)c3nc4ccccc4n23)c(C)c1. The van der Waals surface area contributed by atoms with Gasteiger partial charge in [-0.3, -0.25) is 9.20 Å². The lowest BCUT2D eigenvalue weighted by molar-refractivity contribution is -0.113. The fourth-order valence-corrected chi connectivity index (χ4v) is 4.36. The van der Waals surface area contributed by atoms with Crippen molar-refractivity contribution in [2.75, 3.05) is 11.1 Å². The lowest BCUT2D eigenvalue weighted by Gasteiger charge is -2.11. The number of nitrogens with zero attached hydrogens (tertiary/aromatic N) is 3. The Hall–Kier alpha value is -3.30. The van der Waals surface area contributed by atoms with Gasteiger partial charge in [-0.05, 0) is 56.2 Å². The molecule has 144 valence electrons. The molecule has 1 amide bonds. The topological polar surface area (TPSA) is 70.2 Å². The highest BCUT2D eigenvalue weighted by molar-refractivity contribution is 7.99. The Kier molecular flexibility index (Phi) is 4.99. The number of hydrogen-bond donors (Lipinski definition) is 1. The zero-order valence-corrected chi connectivity index (χ0v) is 17.3. The van der Waals surface area contributed by atoms with Crippen LogP contribution in [-0.2, 0) is 4.79 Å². The second kappa shape index (κ2) is 7.61. The molecule has 4 aromatic rings. The zero-order chi connectivity index (χ0) is 20.5. The third-order valence-corrected chi connectivity index (χ3v) is 5.86. The van der Waals surface area contributed by atoms with Crippen LogP contribution >= 0.6 is 11.8 Å². The van der Waals surface area contributed by atoms with Gasteiger partial charge in [0.15, 0.2) is 5.65 Å². The Morgan fingerprint density at radius 1 is 1.14 bits per heavy atom. The predicted octanol–water partition coefficient (Wildman–Crippen LogP) is 5.02. The molecule has 0 saturated carbocycles. The predicted molar refractivity (Wildman–Crippen MR) is 117 cm³/mol. The summed E-state index contributed by atoms with van der Waals surface area (Å²) in [5, 5.41) is 13.5. The molecule has 0 bridgehead atoms. The molecular weight excluding hydrogens is 380 g/mol. The molecule has 0 fully saturated rings. The highest BCUT2D eigenvalue weighted by Gasteiger charge is 2.16. The van der Waals surface area contributed by atoms with Gasteiger partial charge < -0.3 is 5.32 Å². The molecule has 0 atom stereocenters. The summed E-state index contributed by atoms with van der Waals surface area (Å²) in [6.45, 7) is 5.92. The van der Waals surface area contributed by atoms with E-state index >= 15 is 0 Å². The molecule has 2 aromatic carbocycles. The molecule has 0 unspecified atom stereocenters. The molecule has 4 rings (SSSR count). The molecule has 5 nitrogen and oxygen atoms in total. The Morgan fingerprint density at radius 2 is 1.93 bits per heavy atom. The van der Waals surface area contributed by atoms with Crippen molar-refractivity contribution >= 4 is 40.0 Å². The van der Waals surface area contributed by atoms with Crippen LogP contribution in [0.15, 0.2) is 53.6 Å². The minimum Gasteiger partial charge on any atom is -0.325 e. The van der Waals surface area contributed by atoms with Crippen LogP contribution in [-0.4, -0.2) is 21.0 Å². The summed E-state index contributed by atoms with van der Waals surface area (Å²) >= 11 is 1.44. The van der Waals surface area contributed by atoms with Crippen LogP contribution in [0.3, 0.4) is 0 Å². The van der Waals surface area contributed by atoms with E-state index in [-0.39, 0.29) is 11.7 Å². The molecule has 29 heavy (non-hydrogen) atoms. The molecular formula is C23H20N4OS. The van der Waals surface area contributed by atoms with Crippen molar-refractivity contribution in [2.24, 2.45) is 0 Å². The summed E-state index contributed by atoms with van der Waals surface area (Å²) in [7, 11) is 0. The highest BCUT2D eigenvalue weighted by atomic mass is 32.2. The first-order valence-electron chi connectivity index (χ1n) is 9.28. The van der Waals surface area contributed by atoms with Gasteiger partial charge in [0.05, 0.1) is 27.4 Å². The van der Waals surface area contributed by atoms with E-state index in [2.05, 4.69) is 16.4 Å². The van der Waals surface area contributed by atoms with Crippen LogP contribution in [0.2, 0.25) is 0 Å². The molecule has 0 radical (unpaired) electrons. The third kappa shape index (κ3) is 3.57. The number of imidazole rings is 1. The lowest BCUT2D eigenvalue weighted by Crippen LogP contribution is -2.15. The fourth-order valence-electron chi connectivity index (χ4n) is 3.44. The first-order valence-corrected chi connectivity index (χ1v) is 10.3. The summed E-state index contributed by atoms with van der Waals surface area (Å²) in [5.74, 6) is 0.196. The maximum atomic E-state index is 12.6. The summed E-state index contributed by atoms with van der Waals surface area (Å²) < 4.78 is 1.97. The van der Waals surface area contributed by atoms with E-state index in [0.717, 1.165) is 38.4 Å². The van der Waals surface area contributed by atoms with Crippen molar-refractivity contribution < 1.29 is 4.79 Å². The van der Waals surface area contributed by atoms with Gasteiger partial charge in [0.25, 0.3) is 0 Å². The Morgan fingerprint density at radius 3 is 2.69 bits per heavy atom. The number of anilines is 1. The normalized spacial score (nSPS) is 11.0. The van der Waals surface area contributed by atoms with Crippen LogP contribution in [0.4, 0.5) is 5.69 Å². The van der Waals surface area contributed by atoms with Crippen molar-refractivity contribution in [2.45, 2.75) is 25.8 Å². The number of benzene rings is 2. The second-order valence-electron chi connectivity index (χ2n) is 7.07. The van der Waals surface area contributed by atoms with E-state index in [1.807, 2.05) is 73.7 Å². The molecule has 0 saturated heterocycles. The maximum absolute atomic E-state index is 12.6. The number of carbonyl (C=O) groups excluding carboxylic acids is 1. The highest BCUT2D eigenvalue weighted by Crippen LogP contribution is 2.29. The van der Waals surface area contributed by atoms with Crippen molar-refractivity contribution in [3.05, 3.63) is 70.8 Å². The van der Waals surface area contributed by atoms with Gasteiger partial charge in [-0.15, -0.1) is 0 Å². The number of nitriles is 1. The monoisotopic (exact) mass is 400 g/mol. The number of para-hydroxylation sites is 2. The molecule has 1 N–H and O–H groups in total. The van der Waals surface area contributed by atoms with Crippen molar-refractivity contribution in [3.8, 4) is 6.07 Å². The molecule has 0 aliphatic rings. The average molecular weight is 401 g/mol. The smallest absolute Gasteiger partial charge is 0.234 e. The summed E-state index contributed by atoms with van der Waals surface area (Å²) in [4.78, 5) is 17.2. The van der Waals surface area contributed by atoms with E-state index < -0.39 is 0 Å². The maximum Gasteiger partial charge on any atom is 0.234 e. The quantitative estimate of drug-likeness (QED) is 0.489. The number of aryl methyl sites for hydroxylation is 3. The molecule has 2 aromatic heterocycles. The Balaban J connectivity index is 1.66. The number of aromatic nitrogens is 2. The van der Waals surface area contributed by atoms with Crippen molar-refractivity contribution in [1.82, 2.24) is 9.38 Å². The van der Waals surface area contributed by atoms with Crippen molar-refractivity contribution in [1.29, 1.82) is 5.26 Å². The number of rotatable bonds is 4. The van der Waals surface area contributed by atoms with Gasteiger partial charge in [0, 0.05) is 5.69 Å². The third-order valence-electron chi connectivity index (χ3n) is 4.86. The molecule has 6 heteroatoms. The second-order valence-corrected chi connectivity index (χ2v) is 8.06. The molecule has 0 aliphatic heterocycles. The van der Waals surface area contributed by atoms with Gasteiger partial charge in [-0.2, -0.15) is 5.26 Å². The largest absolute Gasteiger partial charge is 0.325 e. The van der Waals surface area contributed by atoms with E-state index in [1.54, 1.807) is 0 Å². The van der Waals surface area contributed by atoms with E-state index in [0.29, 0.717) is 11.2 Å². The minimum atomic E-state index is -0.0680. The molecule has 0 spiro atoms.